The Morgan fingerprint density at radius 1 is 1.06 bits per heavy atom. The van der Waals surface area contributed by atoms with Crippen LogP contribution >= 0.6 is 0 Å². The van der Waals surface area contributed by atoms with E-state index in [1.807, 2.05) is 51.8 Å². The summed E-state index contributed by atoms with van der Waals surface area (Å²) in [5.41, 5.74) is 2.59. The quantitative estimate of drug-likeness (QED) is 0.533. The highest BCUT2D eigenvalue weighted by Gasteiger charge is 2.39. The molecule has 1 aromatic carbocycles. The summed E-state index contributed by atoms with van der Waals surface area (Å²) in [4.78, 5) is 21.9. The van der Waals surface area contributed by atoms with Crippen LogP contribution in [-0.2, 0) is 6.54 Å². The van der Waals surface area contributed by atoms with Gasteiger partial charge in [0.25, 0.3) is 5.56 Å². The highest BCUT2D eigenvalue weighted by molar-refractivity contribution is 5.75. The van der Waals surface area contributed by atoms with Gasteiger partial charge in [-0.15, -0.1) is 0 Å². The van der Waals surface area contributed by atoms with Crippen molar-refractivity contribution in [1.82, 2.24) is 24.3 Å². The van der Waals surface area contributed by atoms with Gasteiger partial charge in [0.15, 0.2) is 0 Å². The van der Waals surface area contributed by atoms with Gasteiger partial charge in [0.1, 0.15) is 5.65 Å². The first-order valence-electron chi connectivity index (χ1n) is 11.0. The smallest absolute Gasteiger partial charge is 0.252 e. The molecule has 3 aromatic heterocycles. The van der Waals surface area contributed by atoms with Crippen molar-refractivity contribution in [3.63, 3.8) is 0 Å². The fourth-order valence-electron chi connectivity index (χ4n) is 5.39. The lowest BCUT2D eigenvalue weighted by molar-refractivity contribution is 0.295. The Labute approximate surface area is 179 Å². The zero-order chi connectivity index (χ0) is 20.8. The largest absolute Gasteiger partial charge is 0.324 e. The minimum absolute atomic E-state index is 0.0171. The maximum Gasteiger partial charge on any atom is 0.252 e. The van der Waals surface area contributed by atoms with Crippen LogP contribution < -0.4 is 10.9 Å². The lowest BCUT2D eigenvalue weighted by atomic mass is 9.89. The second-order valence-corrected chi connectivity index (χ2v) is 8.81. The first-order valence-corrected chi connectivity index (χ1v) is 11.0. The van der Waals surface area contributed by atoms with Crippen molar-refractivity contribution < 1.29 is 0 Å². The number of benzene rings is 1. The van der Waals surface area contributed by atoms with Crippen molar-refractivity contribution in [2.24, 2.45) is 17.8 Å². The van der Waals surface area contributed by atoms with Gasteiger partial charge in [0.2, 0.25) is 5.95 Å². The molecule has 156 valence electrons. The summed E-state index contributed by atoms with van der Waals surface area (Å²) in [6.07, 6.45) is 10.7. The van der Waals surface area contributed by atoms with Crippen molar-refractivity contribution in [1.29, 1.82) is 0 Å². The molecule has 3 unspecified atom stereocenters. The zero-order valence-corrected chi connectivity index (χ0v) is 17.2. The minimum Gasteiger partial charge on any atom is -0.324 e. The fraction of sp³-hybridized carbons (Fsp3) is 0.333. The molecule has 0 aliphatic heterocycles. The Morgan fingerprint density at radius 3 is 2.71 bits per heavy atom. The molecule has 6 rings (SSSR count). The highest BCUT2D eigenvalue weighted by Crippen LogP contribution is 2.48. The van der Waals surface area contributed by atoms with Gasteiger partial charge in [-0.25, -0.2) is 9.67 Å². The molecule has 0 spiro atoms. The summed E-state index contributed by atoms with van der Waals surface area (Å²) in [5, 5.41) is 8.41. The molecule has 7 heteroatoms. The van der Waals surface area contributed by atoms with Crippen molar-refractivity contribution in [2.45, 2.75) is 32.2 Å². The molecule has 2 aliphatic rings. The van der Waals surface area contributed by atoms with Crippen molar-refractivity contribution >= 4 is 22.7 Å². The van der Waals surface area contributed by atoms with Crippen LogP contribution in [0.3, 0.4) is 0 Å². The second kappa shape index (κ2) is 7.34. The van der Waals surface area contributed by atoms with Crippen LogP contribution in [0.2, 0.25) is 0 Å². The Morgan fingerprint density at radius 2 is 1.97 bits per heavy atom. The molecular formula is C24H24N6O. The Balaban J connectivity index is 1.29. The molecule has 1 N–H and O–H groups in total. The molecule has 7 nitrogen and oxygen atoms in total. The summed E-state index contributed by atoms with van der Waals surface area (Å²) < 4.78 is 3.67. The van der Waals surface area contributed by atoms with Gasteiger partial charge in [-0.05, 0) is 73.4 Å². The maximum absolute atomic E-state index is 12.7. The third-order valence-electron chi connectivity index (χ3n) is 6.92. The molecule has 0 amide bonds. The minimum atomic E-state index is 0.0171. The molecule has 0 radical (unpaired) electrons. The molecule has 2 fully saturated rings. The molecule has 2 bridgehead atoms. The third-order valence-corrected chi connectivity index (χ3v) is 6.92. The Hall–Kier alpha value is -3.48. The predicted octanol–water partition coefficient (Wildman–Crippen LogP) is 4.16. The summed E-state index contributed by atoms with van der Waals surface area (Å²) in [5.74, 6) is 2.70. The van der Waals surface area contributed by atoms with E-state index in [4.69, 9.17) is 4.98 Å². The van der Waals surface area contributed by atoms with Crippen LogP contribution in [0.25, 0.3) is 16.7 Å². The van der Waals surface area contributed by atoms with Gasteiger partial charge >= 0.3 is 0 Å². The number of nitrogens with zero attached hydrogens (tertiary/aromatic N) is 5. The van der Waals surface area contributed by atoms with E-state index in [-0.39, 0.29) is 5.56 Å². The Kier molecular flexibility index (Phi) is 4.33. The lowest BCUT2D eigenvalue weighted by Crippen LogP contribution is -2.27. The molecule has 3 heterocycles. The SMILES string of the molecule is O=c1ccc2cnc(Nc3ccc(-n4cccn4)cc3)nc2n1CC1CC2CCC1C2. The molecule has 0 saturated heterocycles. The topological polar surface area (TPSA) is 77.6 Å². The van der Waals surface area contributed by atoms with Crippen LogP contribution in [-0.4, -0.2) is 24.3 Å². The average molecular weight is 412 g/mol. The molecule has 3 atom stereocenters. The van der Waals surface area contributed by atoms with Gasteiger partial charge in [0.05, 0.1) is 5.69 Å². The maximum atomic E-state index is 12.7. The third kappa shape index (κ3) is 3.40. The summed E-state index contributed by atoms with van der Waals surface area (Å²) in [7, 11) is 0. The van der Waals surface area contributed by atoms with Crippen LogP contribution in [0.4, 0.5) is 11.6 Å². The lowest BCUT2D eigenvalue weighted by Gasteiger charge is -2.23. The van der Waals surface area contributed by atoms with Gasteiger partial charge < -0.3 is 5.32 Å². The number of hydrogen-bond acceptors (Lipinski definition) is 5. The highest BCUT2D eigenvalue weighted by atomic mass is 16.1. The standard InChI is InChI=1S/C24H24N6O/c31-22-9-4-18-14-25-24(27-20-5-7-21(8-6-20)30-11-1-10-26-30)28-23(18)29(22)15-19-13-16-2-3-17(19)12-16/h1,4-11,14,16-17,19H,2-3,12-13,15H2,(H,25,27,28). The summed E-state index contributed by atoms with van der Waals surface area (Å²) in [6, 6.07) is 13.3. The number of hydrogen-bond donors (Lipinski definition) is 1. The monoisotopic (exact) mass is 412 g/mol. The molecule has 4 aromatic rings. The predicted molar refractivity (Wildman–Crippen MR) is 120 cm³/mol. The van der Waals surface area contributed by atoms with Gasteiger partial charge in [-0.2, -0.15) is 10.1 Å². The van der Waals surface area contributed by atoms with Crippen molar-refractivity contribution in [3.8, 4) is 5.69 Å². The van der Waals surface area contributed by atoms with E-state index in [0.29, 0.717) is 17.5 Å². The van der Waals surface area contributed by atoms with E-state index < -0.39 is 0 Å². The number of aromatic nitrogens is 5. The zero-order valence-electron chi connectivity index (χ0n) is 17.2. The van der Waals surface area contributed by atoms with E-state index >= 15 is 0 Å². The molecular weight excluding hydrogens is 388 g/mol. The van der Waals surface area contributed by atoms with Gasteiger partial charge in [-0.1, -0.05) is 6.42 Å². The first kappa shape index (κ1) is 18.3. The normalized spacial score (nSPS) is 22.3. The number of fused-ring (bicyclic) bond motifs is 3. The molecule has 31 heavy (non-hydrogen) atoms. The van der Waals surface area contributed by atoms with Gasteiger partial charge in [-0.3, -0.25) is 9.36 Å². The Bertz CT molecular complexity index is 1280. The van der Waals surface area contributed by atoms with Crippen molar-refractivity contribution in [3.05, 3.63) is 71.4 Å². The van der Waals surface area contributed by atoms with Crippen LogP contribution in [0, 0.1) is 17.8 Å². The van der Waals surface area contributed by atoms with E-state index in [0.717, 1.165) is 35.1 Å². The summed E-state index contributed by atoms with van der Waals surface area (Å²) in [6.45, 7) is 0.756. The second-order valence-electron chi connectivity index (χ2n) is 8.81. The van der Waals surface area contributed by atoms with E-state index in [1.54, 1.807) is 18.5 Å². The molecule has 2 aliphatic carbocycles. The number of pyridine rings is 1. The van der Waals surface area contributed by atoms with E-state index in [2.05, 4.69) is 15.4 Å². The van der Waals surface area contributed by atoms with Crippen LogP contribution in [0.1, 0.15) is 25.7 Å². The van der Waals surface area contributed by atoms with E-state index in [9.17, 15) is 4.79 Å². The van der Waals surface area contributed by atoms with Crippen LogP contribution in [0.15, 0.2) is 65.8 Å². The number of rotatable bonds is 5. The number of anilines is 2. The average Bonchev–Trinajstić information content (AvgIpc) is 3.55. The fourth-order valence-corrected chi connectivity index (χ4v) is 5.39. The molecule has 2 saturated carbocycles. The summed E-state index contributed by atoms with van der Waals surface area (Å²) >= 11 is 0. The van der Waals surface area contributed by atoms with Crippen LogP contribution in [0.5, 0.6) is 0 Å². The number of nitrogens with one attached hydrogen (secondary N) is 1. The van der Waals surface area contributed by atoms with Gasteiger partial charge in [0, 0.05) is 42.3 Å². The van der Waals surface area contributed by atoms with Crippen molar-refractivity contribution in [2.75, 3.05) is 5.32 Å². The van der Waals surface area contributed by atoms with E-state index in [1.165, 1.54) is 25.7 Å². The first-order chi connectivity index (χ1) is 15.2.